The van der Waals surface area contributed by atoms with Gasteiger partial charge in [-0.1, -0.05) is 24.3 Å². The van der Waals surface area contributed by atoms with Gasteiger partial charge in [0.05, 0.1) is 5.92 Å². The van der Waals surface area contributed by atoms with Crippen molar-refractivity contribution in [2.24, 2.45) is 11.8 Å². The number of hydrazine groups is 1. The Kier molecular flexibility index (Phi) is 3.41. The van der Waals surface area contributed by atoms with Gasteiger partial charge < -0.3 is 5.32 Å². The summed E-state index contributed by atoms with van der Waals surface area (Å²) in [6, 6.07) is -0.616. The van der Waals surface area contributed by atoms with Gasteiger partial charge in [-0.3, -0.25) is 15.0 Å². The van der Waals surface area contributed by atoms with Crippen molar-refractivity contribution >= 4 is 11.8 Å². The van der Waals surface area contributed by atoms with Gasteiger partial charge in [-0.2, -0.15) is 0 Å². The summed E-state index contributed by atoms with van der Waals surface area (Å²) in [4.78, 5) is 22.4. The summed E-state index contributed by atoms with van der Waals surface area (Å²) in [6.45, 7) is 1.57. The monoisotopic (exact) mass is 195 g/mol. The maximum absolute atomic E-state index is 11.4. The number of amides is 2. The Morgan fingerprint density at radius 3 is 2.43 bits per heavy atom. The fourth-order valence-electron chi connectivity index (χ4n) is 1.11. The van der Waals surface area contributed by atoms with Gasteiger partial charge in [-0.15, -0.1) is 0 Å². The van der Waals surface area contributed by atoms with Gasteiger partial charge in [0.25, 0.3) is 5.91 Å². The highest BCUT2D eigenvalue weighted by Gasteiger charge is 2.19. The first-order chi connectivity index (χ1) is 6.65. The minimum Gasteiger partial charge on any atom is -0.344 e. The molecule has 14 heavy (non-hydrogen) atoms. The van der Waals surface area contributed by atoms with Crippen LogP contribution in [0.3, 0.4) is 0 Å². The van der Waals surface area contributed by atoms with Gasteiger partial charge in [-0.05, 0) is 6.92 Å². The van der Waals surface area contributed by atoms with Crippen LogP contribution in [-0.2, 0) is 9.59 Å². The molecule has 0 aromatic rings. The van der Waals surface area contributed by atoms with Crippen LogP contribution in [0.15, 0.2) is 24.3 Å². The predicted octanol–water partition coefficient (Wildman–Crippen LogP) is -0.777. The van der Waals surface area contributed by atoms with Crippen LogP contribution < -0.4 is 16.6 Å². The SMILES string of the molecule is C[C@H](NC(=O)C1C=CC=C1)C(=O)NN. The zero-order valence-corrected chi connectivity index (χ0v) is 7.86. The first-order valence-electron chi connectivity index (χ1n) is 4.31. The van der Waals surface area contributed by atoms with Crippen molar-refractivity contribution in [3.63, 3.8) is 0 Å². The minimum absolute atomic E-state index is 0.203. The van der Waals surface area contributed by atoms with Crippen LogP contribution in [0.5, 0.6) is 0 Å². The molecule has 0 unspecified atom stereocenters. The van der Waals surface area contributed by atoms with Crippen LogP contribution in [-0.4, -0.2) is 17.9 Å². The number of allylic oxidation sites excluding steroid dienone is 2. The van der Waals surface area contributed by atoms with Crippen molar-refractivity contribution < 1.29 is 9.59 Å². The van der Waals surface area contributed by atoms with Crippen molar-refractivity contribution in [2.45, 2.75) is 13.0 Å². The van der Waals surface area contributed by atoms with Crippen LogP contribution in [0.25, 0.3) is 0 Å². The third-order valence-corrected chi connectivity index (χ3v) is 1.95. The second kappa shape index (κ2) is 4.57. The Bertz CT molecular complexity index is 284. The Balaban J connectivity index is 2.44. The molecule has 0 saturated heterocycles. The summed E-state index contributed by atoms with van der Waals surface area (Å²) in [5, 5.41) is 2.54. The molecule has 1 atom stereocenters. The number of carbonyl (C=O) groups is 2. The van der Waals surface area contributed by atoms with Crippen LogP contribution >= 0.6 is 0 Å². The summed E-state index contributed by atoms with van der Waals surface area (Å²) < 4.78 is 0. The van der Waals surface area contributed by atoms with E-state index in [2.05, 4.69) is 5.32 Å². The lowest BCUT2D eigenvalue weighted by Crippen LogP contribution is -2.48. The van der Waals surface area contributed by atoms with Crippen molar-refractivity contribution in [3.8, 4) is 0 Å². The largest absolute Gasteiger partial charge is 0.344 e. The zero-order valence-electron chi connectivity index (χ0n) is 7.86. The molecule has 1 rings (SSSR count). The second-order valence-corrected chi connectivity index (χ2v) is 3.03. The molecule has 0 bridgehead atoms. The average molecular weight is 195 g/mol. The van der Waals surface area contributed by atoms with E-state index in [1.165, 1.54) is 0 Å². The molecule has 5 nitrogen and oxygen atoms in total. The maximum atomic E-state index is 11.4. The molecule has 4 N–H and O–H groups in total. The number of nitrogens with one attached hydrogen (secondary N) is 2. The second-order valence-electron chi connectivity index (χ2n) is 3.03. The molecule has 0 aromatic heterocycles. The molecule has 0 aliphatic heterocycles. The Morgan fingerprint density at radius 1 is 1.36 bits per heavy atom. The molecule has 0 fully saturated rings. The smallest absolute Gasteiger partial charge is 0.256 e. The van der Waals surface area contributed by atoms with E-state index >= 15 is 0 Å². The fraction of sp³-hybridized carbons (Fsp3) is 0.333. The van der Waals surface area contributed by atoms with Gasteiger partial charge in [0, 0.05) is 0 Å². The third-order valence-electron chi connectivity index (χ3n) is 1.95. The van der Waals surface area contributed by atoms with E-state index in [-0.39, 0.29) is 11.8 Å². The van der Waals surface area contributed by atoms with Gasteiger partial charge in [0.15, 0.2) is 0 Å². The highest BCUT2D eigenvalue weighted by atomic mass is 16.2. The van der Waals surface area contributed by atoms with Crippen molar-refractivity contribution in [3.05, 3.63) is 24.3 Å². The summed E-state index contributed by atoms with van der Waals surface area (Å²) in [5.41, 5.74) is 1.97. The van der Waals surface area contributed by atoms with Gasteiger partial charge in [0.2, 0.25) is 5.91 Å². The number of rotatable bonds is 3. The molecule has 0 radical (unpaired) electrons. The van der Waals surface area contributed by atoms with Crippen molar-refractivity contribution in [2.75, 3.05) is 0 Å². The van der Waals surface area contributed by atoms with E-state index in [1.54, 1.807) is 31.2 Å². The van der Waals surface area contributed by atoms with Crippen LogP contribution in [0.4, 0.5) is 0 Å². The number of nitrogens with two attached hydrogens (primary N) is 1. The van der Waals surface area contributed by atoms with Crippen LogP contribution in [0.1, 0.15) is 6.92 Å². The highest BCUT2D eigenvalue weighted by Crippen LogP contribution is 2.08. The van der Waals surface area contributed by atoms with Crippen molar-refractivity contribution in [1.82, 2.24) is 10.7 Å². The number of hydrogen-bond donors (Lipinski definition) is 3. The van der Waals surface area contributed by atoms with E-state index in [9.17, 15) is 9.59 Å². The Morgan fingerprint density at radius 2 is 1.93 bits per heavy atom. The third kappa shape index (κ3) is 2.43. The van der Waals surface area contributed by atoms with E-state index in [0.29, 0.717) is 0 Å². The van der Waals surface area contributed by atoms with Crippen LogP contribution in [0.2, 0.25) is 0 Å². The molecule has 2 amide bonds. The van der Waals surface area contributed by atoms with E-state index in [4.69, 9.17) is 5.84 Å². The topological polar surface area (TPSA) is 84.2 Å². The molecule has 5 heteroatoms. The molecule has 1 aliphatic rings. The molecule has 0 saturated carbocycles. The van der Waals surface area contributed by atoms with Crippen LogP contribution in [0, 0.1) is 5.92 Å². The summed E-state index contributed by atoms with van der Waals surface area (Å²) in [7, 11) is 0. The Hall–Kier alpha value is -1.62. The number of carbonyl (C=O) groups excluding carboxylic acids is 2. The first kappa shape index (κ1) is 10.5. The lowest BCUT2D eigenvalue weighted by atomic mass is 10.1. The quantitative estimate of drug-likeness (QED) is 0.314. The fourth-order valence-corrected chi connectivity index (χ4v) is 1.11. The summed E-state index contributed by atoms with van der Waals surface area (Å²) in [5.74, 6) is 4.03. The van der Waals surface area contributed by atoms with E-state index < -0.39 is 11.9 Å². The molecule has 0 heterocycles. The lowest BCUT2D eigenvalue weighted by Gasteiger charge is -2.13. The average Bonchev–Trinajstić information content (AvgIpc) is 2.69. The first-order valence-corrected chi connectivity index (χ1v) is 4.31. The summed E-state index contributed by atoms with van der Waals surface area (Å²) in [6.07, 6.45) is 7.08. The normalized spacial score (nSPS) is 16.7. The van der Waals surface area contributed by atoms with Gasteiger partial charge in [0.1, 0.15) is 6.04 Å². The zero-order chi connectivity index (χ0) is 10.6. The minimum atomic E-state index is -0.616. The highest BCUT2D eigenvalue weighted by molar-refractivity contribution is 5.89. The molecule has 1 aliphatic carbocycles. The maximum Gasteiger partial charge on any atom is 0.256 e. The standard InChI is InChI=1S/C9H13N3O2/c1-6(8(13)12-10)11-9(14)7-4-2-3-5-7/h2-7H,10H2,1H3,(H,11,14)(H,12,13)/t6-/m0/s1. The summed E-state index contributed by atoms with van der Waals surface area (Å²) >= 11 is 0. The van der Waals surface area contributed by atoms with E-state index in [0.717, 1.165) is 0 Å². The number of hydrogen-bond acceptors (Lipinski definition) is 3. The molecule has 76 valence electrons. The molecular formula is C9H13N3O2. The van der Waals surface area contributed by atoms with Gasteiger partial charge in [-0.25, -0.2) is 5.84 Å². The lowest BCUT2D eigenvalue weighted by molar-refractivity contribution is -0.129. The molecule has 0 aromatic carbocycles. The van der Waals surface area contributed by atoms with Gasteiger partial charge >= 0.3 is 0 Å². The molecule has 0 spiro atoms. The molecular weight excluding hydrogens is 182 g/mol. The predicted molar refractivity (Wildman–Crippen MR) is 51.7 cm³/mol. The van der Waals surface area contributed by atoms with E-state index in [1.807, 2.05) is 5.43 Å². The van der Waals surface area contributed by atoms with Crippen molar-refractivity contribution in [1.29, 1.82) is 0 Å². The Labute approximate surface area is 82.0 Å².